The Labute approximate surface area is 70.1 Å². The van der Waals surface area contributed by atoms with Crippen LogP contribution in [0.2, 0.25) is 0 Å². The van der Waals surface area contributed by atoms with Crippen LogP contribution in [-0.4, -0.2) is 14.4 Å². The Kier molecular flexibility index (Phi) is 1.30. The van der Waals surface area contributed by atoms with Gasteiger partial charge in [0, 0.05) is 6.20 Å². The first-order chi connectivity index (χ1) is 5.68. The molecule has 0 aliphatic carbocycles. The Hall–Kier alpha value is -1.58. The lowest BCUT2D eigenvalue weighted by Gasteiger charge is -2.00. The fourth-order valence-electron chi connectivity index (χ4n) is 1.31. The van der Waals surface area contributed by atoms with Gasteiger partial charge in [0.15, 0.2) is 5.65 Å². The molecule has 0 fully saturated rings. The zero-order chi connectivity index (χ0) is 8.72. The third-order valence-corrected chi connectivity index (χ3v) is 1.81. The highest BCUT2D eigenvalue weighted by molar-refractivity contribution is 5.51. The SMILES string of the molecule is Cc1cn2c(N)cnc2c(C)n1. The number of fused-ring (bicyclic) bond motifs is 1. The van der Waals surface area contributed by atoms with Gasteiger partial charge in [0.2, 0.25) is 0 Å². The van der Waals surface area contributed by atoms with Gasteiger partial charge < -0.3 is 5.73 Å². The molecule has 2 aromatic rings. The maximum absolute atomic E-state index is 5.69. The molecule has 2 heterocycles. The quantitative estimate of drug-likeness (QED) is 0.627. The Bertz CT molecular complexity index is 430. The highest BCUT2D eigenvalue weighted by Crippen LogP contribution is 2.11. The summed E-state index contributed by atoms with van der Waals surface area (Å²) >= 11 is 0. The van der Waals surface area contributed by atoms with Crippen LogP contribution < -0.4 is 5.73 Å². The fourth-order valence-corrected chi connectivity index (χ4v) is 1.31. The van der Waals surface area contributed by atoms with E-state index in [0.717, 1.165) is 17.0 Å². The van der Waals surface area contributed by atoms with Crippen molar-refractivity contribution in [3.05, 3.63) is 23.8 Å². The van der Waals surface area contributed by atoms with E-state index >= 15 is 0 Å². The van der Waals surface area contributed by atoms with E-state index < -0.39 is 0 Å². The average Bonchev–Trinajstić information content (AvgIpc) is 2.33. The van der Waals surface area contributed by atoms with E-state index in [1.807, 2.05) is 24.4 Å². The smallest absolute Gasteiger partial charge is 0.159 e. The molecule has 4 heteroatoms. The Morgan fingerprint density at radius 2 is 2.17 bits per heavy atom. The van der Waals surface area contributed by atoms with Gasteiger partial charge in [-0.05, 0) is 13.8 Å². The second kappa shape index (κ2) is 2.20. The minimum Gasteiger partial charge on any atom is -0.383 e. The summed E-state index contributed by atoms with van der Waals surface area (Å²) in [5.41, 5.74) is 8.38. The minimum atomic E-state index is 0.651. The number of nitrogens with two attached hydrogens (primary N) is 1. The highest BCUT2D eigenvalue weighted by Gasteiger charge is 2.03. The number of rotatable bonds is 0. The van der Waals surface area contributed by atoms with Crippen molar-refractivity contribution >= 4 is 11.5 Å². The van der Waals surface area contributed by atoms with E-state index in [9.17, 15) is 0 Å². The third-order valence-electron chi connectivity index (χ3n) is 1.81. The van der Waals surface area contributed by atoms with Crippen LogP contribution in [0, 0.1) is 13.8 Å². The molecule has 2 aromatic heterocycles. The third kappa shape index (κ3) is 0.845. The summed E-state index contributed by atoms with van der Waals surface area (Å²) < 4.78 is 1.84. The first-order valence-electron chi connectivity index (χ1n) is 3.75. The molecular weight excluding hydrogens is 152 g/mol. The number of aromatic nitrogens is 3. The summed E-state index contributed by atoms with van der Waals surface area (Å²) in [6.07, 6.45) is 3.52. The molecule has 0 bridgehead atoms. The standard InChI is InChI=1S/C8H10N4/c1-5-4-12-7(9)3-10-8(12)6(2)11-5/h3-4H,9H2,1-2H3. The van der Waals surface area contributed by atoms with Gasteiger partial charge in [-0.3, -0.25) is 9.38 Å². The number of nitrogens with zero attached hydrogens (tertiary/aromatic N) is 3. The lowest BCUT2D eigenvalue weighted by atomic mass is 10.4. The molecular formula is C8H10N4. The second-order valence-corrected chi connectivity index (χ2v) is 2.84. The van der Waals surface area contributed by atoms with Crippen molar-refractivity contribution in [2.75, 3.05) is 5.73 Å². The van der Waals surface area contributed by atoms with Crippen LogP contribution in [0.1, 0.15) is 11.4 Å². The summed E-state index contributed by atoms with van der Waals surface area (Å²) in [5, 5.41) is 0. The number of imidazole rings is 1. The van der Waals surface area contributed by atoms with Gasteiger partial charge >= 0.3 is 0 Å². The average molecular weight is 162 g/mol. The van der Waals surface area contributed by atoms with Gasteiger partial charge in [-0.15, -0.1) is 0 Å². The van der Waals surface area contributed by atoms with E-state index in [2.05, 4.69) is 9.97 Å². The number of hydrogen-bond acceptors (Lipinski definition) is 3. The topological polar surface area (TPSA) is 56.2 Å². The molecule has 0 aliphatic rings. The molecule has 0 spiro atoms. The normalized spacial score (nSPS) is 10.8. The summed E-state index contributed by atoms with van der Waals surface area (Å²) in [6, 6.07) is 0. The van der Waals surface area contributed by atoms with Crippen LogP contribution in [0.4, 0.5) is 5.82 Å². The molecule has 12 heavy (non-hydrogen) atoms. The van der Waals surface area contributed by atoms with Crippen LogP contribution in [-0.2, 0) is 0 Å². The number of anilines is 1. The second-order valence-electron chi connectivity index (χ2n) is 2.84. The molecule has 0 amide bonds. The van der Waals surface area contributed by atoms with Crippen LogP contribution >= 0.6 is 0 Å². The zero-order valence-corrected chi connectivity index (χ0v) is 7.07. The van der Waals surface area contributed by atoms with Crippen molar-refractivity contribution < 1.29 is 0 Å². The van der Waals surface area contributed by atoms with Crippen molar-refractivity contribution in [3.8, 4) is 0 Å². The molecule has 0 saturated heterocycles. The maximum atomic E-state index is 5.69. The van der Waals surface area contributed by atoms with Gasteiger partial charge in [-0.1, -0.05) is 0 Å². The van der Waals surface area contributed by atoms with Crippen LogP contribution in [0.15, 0.2) is 12.4 Å². The predicted octanol–water partition coefficient (Wildman–Crippen LogP) is 0.928. The van der Waals surface area contributed by atoms with Crippen molar-refractivity contribution in [2.45, 2.75) is 13.8 Å². The molecule has 4 nitrogen and oxygen atoms in total. The molecule has 2 rings (SSSR count). The largest absolute Gasteiger partial charge is 0.383 e. The van der Waals surface area contributed by atoms with Crippen molar-refractivity contribution in [3.63, 3.8) is 0 Å². The highest BCUT2D eigenvalue weighted by atomic mass is 15.1. The van der Waals surface area contributed by atoms with Crippen LogP contribution in [0.3, 0.4) is 0 Å². The van der Waals surface area contributed by atoms with Crippen LogP contribution in [0.5, 0.6) is 0 Å². The summed E-state index contributed by atoms with van der Waals surface area (Å²) in [4.78, 5) is 8.41. The maximum Gasteiger partial charge on any atom is 0.159 e. The van der Waals surface area contributed by atoms with Gasteiger partial charge in [0.25, 0.3) is 0 Å². The van der Waals surface area contributed by atoms with Crippen molar-refractivity contribution in [1.29, 1.82) is 0 Å². The summed E-state index contributed by atoms with van der Waals surface area (Å²) in [5.74, 6) is 0.651. The molecule has 0 radical (unpaired) electrons. The zero-order valence-electron chi connectivity index (χ0n) is 7.07. The van der Waals surface area contributed by atoms with E-state index in [0.29, 0.717) is 5.82 Å². The predicted molar refractivity (Wildman–Crippen MR) is 46.9 cm³/mol. The van der Waals surface area contributed by atoms with Gasteiger partial charge in [0.1, 0.15) is 5.82 Å². The minimum absolute atomic E-state index is 0.651. The Morgan fingerprint density at radius 1 is 1.42 bits per heavy atom. The molecule has 0 saturated carbocycles. The summed E-state index contributed by atoms with van der Waals surface area (Å²) in [6.45, 7) is 3.86. The molecule has 62 valence electrons. The van der Waals surface area contributed by atoms with E-state index in [1.165, 1.54) is 0 Å². The van der Waals surface area contributed by atoms with Gasteiger partial charge in [0.05, 0.1) is 17.6 Å². The number of hydrogen-bond donors (Lipinski definition) is 1. The Morgan fingerprint density at radius 3 is 2.92 bits per heavy atom. The lowest BCUT2D eigenvalue weighted by Crippen LogP contribution is -1.97. The Balaban J connectivity index is 2.92. The molecule has 0 atom stereocenters. The van der Waals surface area contributed by atoms with E-state index in [1.54, 1.807) is 6.20 Å². The molecule has 0 unspecified atom stereocenters. The number of nitrogen functional groups attached to an aromatic ring is 1. The lowest BCUT2D eigenvalue weighted by molar-refractivity contribution is 1.03. The van der Waals surface area contributed by atoms with Crippen molar-refractivity contribution in [1.82, 2.24) is 14.4 Å². The monoisotopic (exact) mass is 162 g/mol. The van der Waals surface area contributed by atoms with Gasteiger partial charge in [-0.2, -0.15) is 0 Å². The molecule has 0 aliphatic heterocycles. The first kappa shape index (κ1) is 7.09. The van der Waals surface area contributed by atoms with Crippen LogP contribution in [0.25, 0.3) is 5.65 Å². The first-order valence-corrected chi connectivity index (χ1v) is 3.75. The van der Waals surface area contributed by atoms with E-state index in [-0.39, 0.29) is 0 Å². The number of aryl methyl sites for hydroxylation is 2. The van der Waals surface area contributed by atoms with Gasteiger partial charge in [-0.25, -0.2) is 4.98 Å². The van der Waals surface area contributed by atoms with E-state index in [4.69, 9.17) is 5.73 Å². The fraction of sp³-hybridized carbons (Fsp3) is 0.250. The molecule has 2 N–H and O–H groups in total. The van der Waals surface area contributed by atoms with Crippen molar-refractivity contribution in [2.24, 2.45) is 0 Å². The summed E-state index contributed by atoms with van der Waals surface area (Å²) in [7, 11) is 0. The molecule has 0 aromatic carbocycles.